The predicted octanol–water partition coefficient (Wildman–Crippen LogP) is 2.71. The van der Waals surface area contributed by atoms with Gasteiger partial charge in [0.15, 0.2) is 5.96 Å². The normalized spacial score (nSPS) is 16.7. The molecule has 6 nitrogen and oxygen atoms in total. The summed E-state index contributed by atoms with van der Waals surface area (Å²) >= 11 is 0. The van der Waals surface area contributed by atoms with Crippen LogP contribution < -0.4 is 5.32 Å². The van der Waals surface area contributed by atoms with Crippen molar-refractivity contribution in [3.63, 3.8) is 0 Å². The van der Waals surface area contributed by atoms with Gasteiger partial charge in [0.1, 0.15) is 11.9 Å². The van der Waals surface area contributed by atoms with Crippen LogP contribution in [0.2, 0.25) is 0 Å². The van der Waals surface area contributed by atoms with E-state index in [4.69, 9.17) is 4.42 Å². The second kappa shape index (κ2) is 11.3. The van der Waals surface area contributed by atoms with Gasteiger partial charge in [-0.15, -0.1) is 24.0 Å². The number of aliphatic hydroxyl groups is 1. The second-order valence-corrected chi connectivity index (χ2v) is 6.47. The van der Waals surface area contributed by atoms with E-state index >= 15 is 0 Å². The van der Waals surface area contributed by atoms with E-state index < -0.39 is 6.10 Å². The summed E-state index contributed by atoms with van der Waals surface area (Å²) in [4.78, 5) is 9.33. The number of piperazine rings is 1. The van der Waals surface area contributed by atoms with Gasteiger partial charge in [0.2, 0.25) is 0 Å². The minimum absolute atomic E-state index is 0. The van der Waals surface area contributed by atoms with Crippen molar-refractivity contribution in [3.05, 3.63) is 60.1 Å². The summed E-state index contributed by atoms with van der Waals surface area (Å²) in [6, 6.07) is 14.1. The average molecular weight is 484 g/mol. The van der Waals surface area contributed by atoms with Crippen LogP contribution >= 0.6 is 24.0 Å². The SMILES string of the molecule is CCNC(=NCC(O)c1ccco1)N1CCN(Cc2ccccc2)CC1.I. The molecule has 2 N–H and O–H groups in total. The molecule has 1 unspecified atom stereocenters. The maximum atomic E-state index is 10.2. The molecule has 2 aromatic rings. The maximum absolute atomic E-state index is 10.2. The van der Waals surface area contributed by atoms with Crippen LogP contribution in [0.3, 0.4) is 0 Å². The molecule has 0 saturated carbocycles. The van der Waals surface area contributed by atoms with Crippen LogP contribution in [0.25, 0.3) is 0 Å². The molecular weight excluding hydrogens is 455 g/mol. The van der Waals surface area contributed by atoms with Gasteiger partial charge in [-0.1, -0.05) is 30.3 Å². The Morgan fingerprint density at radius 3 is 2.52 bits per heavy atom. The third-order valence-electron chi connectivity index (χ3n) is 4.54. The van der Waals surface area contributed by atoms with Crippen LogP contribution in [0.15, 0.2) is 58.1 Å². The lowest BCUT2D eigenvalue weighted by molar-refractivity contribution is 0.155. The molecule has 2 heterocycles. The first kappa shape index (κ1) is 21.7. The van der Waals surface area contributed by atoms with Gasteiger partial charge in [-0.25, -0.2) is 4.99 Å². The molecule has 1 saturated heterocycles. The maximum Gasteiger partial charge on any atom is 0.194 e. The third kappa shape index (κ3) is 6.51. The van der Waals surface area contributed by atoms with E-state index in [1.165, 1.54) is 5.56 Å². The highest BCUT2D eigenvalue weighted by atomic mass is 127. The van der Waals surface area contributed by atoms with E-state index in [0.29, 0.717) is 12.3 Å². The first-order chi connectivity index (χ1) is 12.8. The summed E-state index contributed by atoms with van der Waals surface area (Å²) in [7, 11) is 0. The van der Waals surface area contributed by atoms with Crippen molar-refractivity contribution in [2.24, 2.45) is 4.99 Å². The number of guanidine groups is 1. The Labute approximate surface area is 178 Å². The van der Waals surface area contributed by atoms with Crippen molar-refractivity contribution < 1.29 is 9.52 Å². The predicted molar refractivity (Wildman–Crippen MR) is 118 cm³/mol. The van der Waals surface area contributed by atoms with E-state index in [0.717, 1.165) is 45.2 Å². The zero-order valence-corrected chi connectivity index (χ0v) is 18.1. The number of halogens is 1. The number of hydrogen-bond acceptors (Lipinski definition) is 4. The van der Waals surface area contributed by atoms with E-state index in [-0.39, 0.29) is 24.0 Å². The van der Waals surface area contributed by atoms with E-state index in [1.54, 1.807) is 18.4 Å². The van der Waals surface area contributed by atoms with Gasteiger partial charge in [0.25, 0.3) is 0 Å². The summed E-state index contributed by atoms with van der Waals surface area (Å²) in [6.07, 6.45) is 0.859. The van der Waals surface area contributed by atoms with Crippen molar-refractivity contribution in [1.29, 1.82) is 0 Å². The summed E-state index contributed by atoms with van der Waals surface area (Å²) in [6.45, 7) is 7.99. The molecule has 27 heavy (non-hydrogen) atoms. The fraction of sp³-hybridized carbons (Fsp3) is 0.450. The highest BCUT2D eigenvalue weighted by molar-refractivity contribution is 14.0. The van der Waals surface area contributed by atoms with Crippen molar-refractivity contribution in [3.8, 4) is 0 Å². The number of nitrogens with one attached hydrogen (secondary N) is 1. The zero-order chi connectivity index (χ0) is 18.2. The molecule has 0 amide bonds. The van der Waals surface area contributed by atoms with Crippen molar-refractivity contribution >= 4 is 29.9 Å². The Bertz CT molecular complexity index is 671. The minimum atomic E-state index is -0.710. The van der Waals surface area contributed by atoms with E-state index in [1.807, 2.05) is 0 Å². The molecule has 7 heteroatoms. The highest BCUT2D eigenvalue weighted by Gasteiger charge is 2.20. The Kier molecular flexibility index (Phi) is 9.09. The highest BCUT2D eigenvalue weighted by Crippen LogP contribution is 2.14. The third-order valence-corrected chi connectivity index (χ3v) is 4.54. The lowest BCUT2D eigenvalue weighted by atomic mass is 10.2. The number of hydrogen-bond donors (Lipinski definition) is 2. The monoisotopic (exact) mass is 484 g/mol. The van der Waals surface area contributed by atoms with Crippen LogP contribution in [0.4, 0.5) is 0 Å². The van der Waals surface area contributed by atoms with Gasteiger partial charge >= 0.3 is 0 Å². The molecule has 0 spiro atoms. The van der Waals surface area contributed by atoms with Crippen molar-refractivity contribution in [2.75, 3.05) is 39.3 Å². The molecule has 148 valence electrons. The largest absolute Gasteiger partial charge is 0.467 e. The van der Waals surface area contributed by atoms with Crippen molar-refractivity contribution in [1.82, 2.24) is 15.1 Å². The molecule has 1 fully saturated rings. The molecule has 0 bridgehead atoms. The van der Waals surface area contributed by atoms with Gasteiger partial charge in [-0.3, -0.25) is 4.90 Å². The van der Waals surface area contributed by atoms with Crippen LogP contribution in [0, 0.1) is 0 Å². The molecule has 3 rings (SSSR count). The van der Waals surface area contributed by atoms with Gasteiger partial charge in [-0.05, 0) is 24.6 Å². The van der Waals surface area contributed by atoms with Gasteiger partial charge < -0.3 is 19.7 Å². The number of rotatable bonds is 6. The molecule has 1 aromatic carbocycles. The standard InChI is InChI=1S/C20H28N4O2.HI/c1-2-21-20(22-15-18(25)19-9-6-14-26-19)24-12-10-23(11-13-24)16-17-7-4-3-5-8-17;/h3-9,14,18,25H,2,10-13,15-16H2,1H3,(H,21,22);1H. The summed E-state index contributed by atoms with van der Waals surface area (Å²) < 4.78 is 5.24. The van der Waals surface area contributed by atoms with Crippen LogP contribution in [0.1, 0.15) is 24.4 Å². The van der Waals surface area contributed by atoms with Gasteiger partial charge in [-0.2, -0.15) is 0 Å². The Morgan fingerprint density at radius 1 is 1.15 bits per heavy atom. The Balaban J connectivity index is 0.00000261. The quantitative estimate of drug-likeness (QED) is 0.375. The van der Waals surface area contributed by atoms with Crippen LogP contribution in [-0.4, -0.2) is 60.1 Å². The average Bonchev–Trinajstić information content (AvgIpc) is 3.21. The molecule has 1 aliphatic heterocycles. The number of aliphatic hydroxyl groups excluding tert-OH is 1. The van der Waals surface area contributed by atoms with E-state index in [9.17, 15) is 5.11 Å². The van der Waals surface area contributed by atoms with Gasteiger partial charge in [0, 0.05) is 39.3 Å². The molecule has 1 aliphatic rings. The number of furan rings is 1. The van der Waals surface area contributed by atoms with Crippen molar-refractivity contribution in [2.45, 2.75) is 19.6 Å². The number of benzene rings is 1. The Morgan fingerprint density at radius 2 is 1.89 bits per heavy atom. The smallest absolute Gasteiger partial charge is 0.194 e. The van der Waals surface area contributed by atoms with Crippen LogP contribution in [-0.2, 0) is 6.54 Å². The Hall–Kier alpha value is -1.58. The fourth-order valence-corrected chi connectivity index (χ4v) is 3.13. The minimum Gasteiger partial charge on any atom is -0.467 e. The lowest BCUT2D eigenvalue weighted by Gasteiger charge is -2.36. The zero-order valence-electron chi connectivity index (χ0n) is 15.8. The molecule has 0 aliphatic carbocycles. The molecular formula is C20H29IN4O2. The van der Waals surface area contributed by atoms with Gasteiger partial charge in [0.05, 0.1) is 12.8 Å². The molecule has 1 aromatic heterocycles. The van der Waals surface area contributed by atoms with Crippen LogP contribution in [0.5, 0.6) is 0 Å². The van der Waals surface area contributed by atoms with E-state index in [2.05, 4.69) is 57.4 Å². The lowest BCUT2D eigenvalue weighted by Crippen LogP contribution is -2.52. The number of nitrogens with zero attached hydrogens (tertiary/aromatic N) is 3. The molecule has 1 atom stereocenters. The summed E-state index contributed by atoms with van der Waals surface area (Å²) in [5, 5.41) is 13.5. The summed E-state index contributed by atoms with van der Waals surface area (Å²) in [5.41, 5.74) is 1.35. The first-order valence-corrected chi connectivity index (χ1v) is 9.27. The second-order valence-electron chi connectivity index (χ2n) is 6.47. The number of aliphatic imine (C=N–C) groups is 1. The summed E-state index contributed by atoms with van der Waals surface area (Å²) in [5.74, 6) is 1.41. The topological polar surface area (TPSA) is 64.2 Å². The molecule has 0 radical (unpaired) electrons. The fourth-order valence-electron chi connectivity index (χ4n) is 3.13. The first-order valence-electron chi connectivity index (χ1n) is 9.27.